The van der Waals surface area contributed by atoms with Gasteiger partial charge >= 0.3 is 0 Å². The monoisotopic (exact) mass is 372 g/mol. The lowest BCUT2D eigenvalue weighted by Crippen LogP contribution is -2.46. The summed E-state index contributed by atoms with van der Waals surface area (Å²) in [4.78, 5) is 17.9. The van der Waals surface area contributed by atoms with E-state index >= 15 is 0 Å². The molecule has 7 nitrogen and oxygen atoms in total. The number of aromatic amines is 1. The predicted octanol–water partition coefficient (Wildman–Crippen LogP) is 1.44. The van der Waals surface area contributed by atoms with E-state index < -0.39 is 15.9 Å². The lowest BCUT2D eigenvalue weighted by Gasteiger charge is -2.35. The third-order valence-corrected chi connectivity index (χ3v) is 6.51. The molecular formula is C18H20N4O3S. The normalized spacial score (nSPS) is 19.7. The Bertz CT molecular complexity index is 1070. The standard InChI is InChI=1S/C18H20N4O3S/c1-21-11-14(10-20-21)17-12-26(24,25)7-6-22(17)18(23)8-13-9-19-16-5-3-2-4-15(13)16/h2-5,9-11,17,19H,6-8,12H2,1H3. The Kier molecular flexibility index (Phi) is 4.07. The second-order valence-electron chi connectivity index (χ2n) is 6.70. The van der Waals surface area contributed by atoms with E-state index in [9.17, 15) is 13.2 Å². The Morgan fingerprint density at radius 1 is 1.35 bits per heavy atom. The van der Waals surface area contributed by atoms with Crippen LogP contribution in [0.25, 0.3) is 10.9 Å². The molecule has 3 heterocycles. The maximum absolute atomic E-state index is 13.0. The molecule has 0 aliphatic carbocycles. The van der Waals surface area contributed by atoms with Gasteiger partial charge in [-0.15, -0.1) is 0 Å². The zero-order valence-electron chi connectivity index (χ0n) is 14.4. The van der Waals surface area contributed by atoms with Crippen LogP contribution in [0, 0.1) is 0 Å². The van der Waals surface area contributed by atoms with Crippen molar-refractivity contribution in [3.8, 4) is 0 Å². The van der Waals surface area contributed by atoms with Crippen molar-refractivity contribution in [2.24, 2.45) is 7.05 Å². The number of amides is 1. The van der Waals surface area contributed by atoms with E-state index in [4.69, 9.17) is 0 Å². The second-order valence-corrected chi connectivity index (χ2v) is 8.93. The molecule has 136 valence electrons. The van der Waals surface area contributed by atoms with E-state index in [1.807, 2.05) is 30.5 Å². The molecule has 0 radical (unpaired) electrons. The number of hydrogen-bond donors (Lipinski definition) is 1. The molecule has 0 saturated carbocycles. The Morgan fingerprint density at radius 3 is 2.92 bits per heavy atom. The summed E-state index contributed by atoms with van der Waals surface area (Å²) in [5, 5.41) is 5.15. The van der Waals surface area contributed by atoms with Crippen molar-refractivity contribution in [1.29, 1.82) is 0 Å². The fourth-order valence-corrected chi connectivity index (χ4v) is 5.03. The number of nitrogens with zero attached hydrogens (tertiary/aromatic N) is 3. The number of para-hydroxylation sites is 1. The quantitative estimate of drug-likeness (QED) is 0.754. The average Bonchev–Trinajstić information content (AvgIpc) is 3.21. The highest BCUT2D eigenvalue weighted by atomic mass is 32.2. The fourth-order valence-electron chi connectivity index (χ4n) is 3.54. The third kappa shape index (κ3) is 3.12. The minimum Gasteiger partial charge on any atom is -0.361 e. The molecule has 1 fully saturated rings. The van der Waals surface area contributed by atoms with Crippen LogP contribution in [0.3, 0.4) is 0 Å². The van der Waals surface area contributed by atoms with Crippen LogP contribution in [0.4, 0.5) is 0 Å². The molecular weight excluding hydrogens is 352 g/mol. The van der Waals surface area contributed by atoms with E-state index in [2.05, 4.69) is 10.1 Å². The number of carbonyl (C=O) groups is 1. The third-order valence-electron chi connectivity index (χ3n) is 4.88. The van der Waals surface area contributed by atoms with Gasteiger partial charge in [-0.3, -0.25) is 9.48 Å². The molecule has 26 heavy (non-hydrogen) atoms. The first-order chi connectivity index (χ1) is 12.4. The van der Waals surface area contributed by atoms with Gasteiger partial charge in [0.05, 0.1) is 30.2 Å². The number of aryl methyl sites for hydroxylation is 1. The number of H-pyrrole nitrogens is 1. The van der Waals surface area contributed by atoms with Crippen LogP contribution >= 0.6 is 0 Å². The second kappa shape index (κ2) is 6.28. The van der Waals surface area contributed by atoms with Crippen LogP contribution in [0.5, 0.6) is 0 Å². The molecule has 0 spiro atoms. The van der Waals surface area contributed by atoms with Gasteiger partial charge in [0.2, 0.25) is 5.91 Å². The van der Waals surface area contributed by atoms with Gasteiger partial charge in [-0.1, -0.05) is 18.2 Å². The highest BCUT2D eigenvalue weighted by molar-refractivity contribution is 7.91. The Hall–Kier alpha value is -2.61. The molecule has 2 aromatic heterocycles. The molecule has 4 rings (SSSR count). The predicted molar refractivity (Wildman–Crippen MR) is 98.3 cm³/mol. The van der Waals surface area contributed by atoms with E-state index in [-0.39, 0.29) is 30.4 Å². The number of fused-ring (bicyclic) bond motifs is 1. The lowest BCUT2D eigenvalue weighted by molar-refractivity contribution is -0.132. The Morgan fingerprint density at radius 2 is 2.15 bits per heavy atom. The highest BCUT2D eigenvalue weighted by Crippen LogP contribution is 2.28. The maximum Gasteiger partial charge on any atom is 0.227 e. The number of benzene rings is 1. The molecule has 1 aliphatic heterocycles. The number of aromatic nitrogens is 3. The minimum absolute atomic E-state index is 0.00336. The summed E-state index contributed by atoms with van der Waals surface area (Å²) < 4.78 is 25.9. The lowest BCUT2D eigenvalue weighted by atomic mass is 10.1. The summed E-state index contributed by atoms with van der Waals surface area (Å²) in [5.41, 5.74) is 2.66. The fraction of sp³-hybridized carbons (Fsp3) is 0.333. The van der Waals surface area contributed by atoms with Crippen molar-refractivity contribution < 1.29 is 13.2 Å². The van der Waals surface area contributed by atoms with Crippen molar-refractivity contribution in [3.05, 3.63) is 54.0 Å². The van der Waals surface area contributed by atoms with Gasteiger partial charge < -0.3 is 9.88 Å². The van der Waals surface area contributed by atoms with Crippen LogP contribution in [-0.4, -0.2) is 52.0 Å². The van der Waals surface area contributed by atoms with Crippen LogP contribution < -0.4 is 0 Å². The van der Waals surface area contributed by atoms with Gasteiger partial charge in [0.1, 0.15) is 0 Å². The minimum atomic E-state index is -3.17. The molecule has 1 saturated heterocycles. The molecule has 0 bridgehead atoms. The van der Waals surface area contributed by atoms with Crippen LogP contribution in [-0.2, 0) is 28.1 Å². The van der Waals surface area contributed by atoms with E-state index in [0.717, 1.165) is 22.0 Å². The van der Waals surface area contributed by atoms with Crippen molar-refractivity contribution in [3.63, 3.8) is 0 Å². The maximum atomic E-state index is 13.0. The zero-order chi connectivity index (χ0) is 18.3. The average molecular weight is 372 g/mol. The number of sulfone groups is 1. The summed E-state index contributed by atoms with van der Waals surface area (Å²) in [6.07, 6.45) is 5.50. The van der Waals surface area contributed by atoms with Gasteiger partial charge in [0, 0.05) is 42.5 Å². The SMILES string of the molecule is Cn1cc(C2CS(=O)(=O)CCN2C(=O)Cc2c[nH]c3ccccc23)cn1. The van der Waals surface area contributed by atoms with E-state index in [1.54, 1.807) is 29.0 Å². The first kappa shape index (κ1) is 16.8. The molecule has 1 atom stereocenters. The summed E-state index contributed by atoms with van der Waals surface area (Å²) in [6, 6.07) is 7.34. The summed E-state index contributed by atoms with van der Waals surface area (Å²) in [6.45, 7) is 0.211. The number of hydrogen-bond acceptors (Lipinski definition) is 4. The van der Waals surface area contributed by atoms with Gasteiger partial charge in [-0.25, -0.2) is 8.42 Å². The molecule has 1 aromatic carbocycles. The van der Waals surface area contributed by atoms with Crippen LogP contribution in [0.1, 0.15) is 17.2 Å². The van der Waals surface area contributed by atoms with Crippen molar-refractivity contribution in [1.82, 2.24) is 19.7 Å². The van der Waals surface area contributed by atoms with E-state index in [1.165, 1.54) is 0 Å². The largest absolute Gasteiger partial charge is 0.361 e. The molecule has 1 amide bonds. The molecule has 8 heteroatoms. The zero-order valence-corrected chi connectivity index (χ0v) is 15.2. The molecule has 3 aromatic rings. The van der Waals surface area contributed by atoms with Gasteiger partial charge in [0.15, 0.2) is 9.84 Å². The summed E-state index contributed by atoms with van der Waals surface area (Å²) >= 11 is 0. The number of carbonyl (C=O) groups excluding carboxylic acids is 1. The number of rotatable bonds is 3. The van der Waals surface area contributed by atoms with Crippen molar-refractivity contribution in [2.75, 3.05) is 18.1 Å². The first-order valence-corrected chi connectivity index (χ1v) is 10.3. The van der Waals surface area contributed by atoms with Crippen molar-refractivity contribution >= 4 is 26.6 Å². The van der Waals surface area contributed by atoms with Crippen LogP contribution in [0.15, 0.2) is 42.9 Å². The molecule has 1 N–H and O–H groups in total. The topological polar surface area (TPSA) is 88.1 Å². The van der Waals surface area contributed by atoms with Gasteiger partial charge in [0.25, 0.3) is 0 Å². The van der Waals surface area contributed by atoms with Crippen molar-refractivity contribution in [2.45, 2.75) is 12.5 Å². The van der Waals surface area contributed by atoms with E-state index in [0.29, 0.717) is 0 Å². The first-order valence-electron chi connectivity index (χ1n) is 8.46. The molecule has 1 unspecified atom stereocenters. The Balaban J connectivity index is 1.62. The van der Waals surface area contributed by atoms with Gasteiger partial charge in [-0.2, -0.15) is 5.10 Å². The Labute approximate surface area is 151 Å². The number of nitrogens with one attached hydrogen (secondary N) is 1. The molecule has 1 aliphatic rings. The smallest absolute Gasteiger partial charge is 0.227 e. The summed E-state index contributed by atoms with van der Waals surface area (Å²) in [7, 11) is -1.39. The summed E-state index contributed by atoms with van der Waals surface area (Å²) in [5.74, 6) is -0.125. The highest BCUT2D eigenvalue weighted by Gasteiger charge is 2.35. The van der Waals surface area contributed by atoms with Crippen LogP contribution in [0.2, 0.25) is 0 Å². The van der Waals surface area contributed by atoms with Gasteiger partial charge in [-0.05, 0) is 11.6 Å².